The Morgan fingerprint density at radius 1 is 1.46 bits per heavy atom. The van der Waals surface area contributed by atoms with Crippen molar-refractivity contribution in [3.05, 3.63) is 21.2 Å². The minimum absolute atomic E-state index is 0.749. The number of nitrogens with zero attached hydrogens (tertiary/aromatic N) is 1. The highest BCUT2D eigenvalue weighted by Gasteiger charge is 2.09. The van der Waals surface area contributed by atoms with E-state index in [9.17, 15) is 0 Å². The van der Waals surface area contributed by atoms with Crippen molar-refractivity contribution in [1.29, 1.82) is 0 Å². The van der Waals surface area contributed by atoms with Crippen LogP contribution >= 0.6 is 27.3 Å². The summed E-state index contributed by atoms with van der Waals surface area (Å²) in [5.74, 6) is 0. The minimum atomic E-state index is 0.749. The maximum absolute atomic E-state index is 5.90. The lowest BCUT2D eigenvalue weighted by atomic mass is 10.2. The second kappa shape index (κ2) is 2.96. The summed E-state index contributed by atoms with van der Waals surface area (Å²) in [6.45, 7) is 4.08. The van der Waals surface area contributed by atoms with Crippen LogP contribution in [0.2, 0.25) is 0 Å². The van der Waals surface area contributed by atoms with Crippen molar-refractivity contribution in [2.24, 2.45) is 0 Å². The number of hydrogen-bond acceptors (Lipinski definition) is 3. The molecule has 0 spiro atoms. The molecular formula is C9H9BrN2S. The number of rotatable bonds is 0. The molecule has 0 atom stereocenters. The molecule has 2 aromatic heterocycles. The Balaban J connectivity index is 2.95. The lowest BCUT2D eigenvalue weighted by molar-refractivity contribution is 1.21. The normalized spacial score (nSPS) is 11.0. The number of nitrogen functional groups attached to an aromatic ring is 1. The van der Waals surface area contributed by atoms with Gasteiger partial charge in [0.15, 0.2) is 0 Å². The minimum Gasteiger partial charge on any atom is -0.395 e. The van der Waals surface area contributed by atoms with Crippen molar-refractivity contribution in [3.63, 3.8) is 0 Å². The Morgan fingerprint density at radius 3 is 2.85 bits per heavy atom. The van der Waals surface area contributed by atoms with Crippen LogP contribution in [0.15, 0.2) is 10.7 Å². The van der Waals surface area contributed by atoms with Crippen LogP contribution < -0.4 is 5.73 Å². The zero-order valence-electron chi connectivity index (χ0n) is 7.39. The first-order chi connectivity index (χ1) is 6.09. The third-order valence-corrected chi connectivity index (χ3v) is 3.67. The van der Waals surface area contributed by atoms with E-state index in [0.717, 1.165) is 20.7 Å². The van der Waals surface area contributed by atoms with Crippen LogP contribution in [-0.4, -0.2) is 4.98 Å². The number of aryl methyl sites for hydroxylation is 2. The number of halogens is 1. The molecule has 68 valence electrons. The number of hydrogen-bond donors (Lipinski definition) is 1. The van der Waals surface area contributed by atoms with E-state index in [1.54, 1.807) is 11.3 Å². The van der Waals surface area contributed by atoms with E-state index in [-0.39, 0.29) is 0 Å². The van der Waals surface area contributed by atoms with Gasteiger partial charge in [0.05, 0.1) is 10.4 Å². The molecule has 0 aromatic carbocycles. The molecule has 0 fully saturated rings. The van der Waals surface area contributed by atoms with E-state index >= 15 is 0 Å². The Morgan fingerprint density at radius 2 is 2.15 bits per heavy atom. The van der Waals surface area contributed by atoms with Crippen molar-refractivity contribution in [2.45, 2.75) is 13.8 Å². The highest BCUT2D eigenvalue weighted by Crippen LogP contribution is 2.35. The van der Waals surface area contributed by atoms with Crippen molar-refractivity contribution in [3.8, 4) is 0 Å². The van der Waals surface area contributed by atoms with Gasteiger partial charge in [0.1, 0.15) is 4.60 Å². The summed E-state index contributed by atoms with van der Waals surface area (Å²) >= 11 is 5.06. The summed E-state index contributed by atoms with van der Waals surface area (Å²) in [7, 11) is 0. The zero-order valence-corrected chi connectivity index (χ0v) is 9.79. The van der Waals surface area contributed by atoms with Crippen molar-refractivity contribution < 1.29 is 0 Å². The smallest absolute Gasteiger partial charge is 0.130 e. The number of fused-ring (bicyclic) bond motifs is 1. The Bertz CT molecular complexity index is 476. The van der Waals surface area contributed by atoms with Gasteiger partial charge in [0.25, 0.3) is 0 Å². The maximum Gasteiger partial charge on any atom is 0.130 e. The van der Waals surface area contributed by atoms with E-state index in [1.165, 1.54) is 10.3 Å². The third-order valence-electron chi connectivity index (χ3n) is 1.98. The highest BCUT2D eigenvalue weighted by atomic mass is 79.9. The molecule has 0 radical (unpaired) electrons. The van der Waals surface area contributed by atoms with Crippen molar-refractivity contribution in [1.82, 2.24) is 4.98 Å². The van der Waals surface area contributed by atoms with Crippen LogP contribution in [0, 0.1) is 13.8 Å². The molecule has 4 heteroatoms. The molecule has 0 saturated heterocycles. The van der Waals surface area contributed by atoms with Gasteiger partial charge in [-0.15, -0.1) is 11.3 Å². The van der Waals surface area contributed by atoms with Gasteiger partial charge >= 0.3 is 0 Å². The van der Waals surface area contributed by atoms with Gasteiger partial charge in [-0.3, -0.25) is 0 Å². The fourth-order valence-corrected chi connectivity index (χ4v) is 2.96. The van der Waals surface area contributed by atoms with Crippen LogP contribution in [0.25, 0.3) is 10.1 Å². The molecule has 0 unspecified atom stereocenters. The zero-order chi connectivity index (χ0) is 9.59. The second-order valence-corrected chi connectivity index (χ2v) is 5.01. The van der Waals surface area contributed by atoms with E-state index in [2.05, 4.69) is 33.9 Å². The molecule has 2 heterocycles. The van der Waals surface area contributed by atoms with E-state index in [4.69, 9.17) is 5.73 Å². The van der Waals surface area contributed by atoms with Gasteiger partial charge in [0, 0.05) is 16.0 Å². The topological polar surface area (TPSA) is 38.9 Å². The summed E-state index contributed by atoms with van der Waals surface area (Å²) in [6, 6.07) is 2.13. The fourth-order valence-electron chi connectivity index (χ4n) is 1.34. The molecule has 2 N–H and O–H groups in total. The lowest BCUT2D eigenvalue weighted by Crippen LogP contribution is -1.91. The largest absolute Gasteiger partial charge is 0.395 e. The number of aromatic nitrogens is 1. The molecule has 0 aliphatic carbocycles. The highest BCUT2D eigenvalue weighted by molar-refractivity contribution is 9.10. The monoisotopic (exact) mass is 256 g/mol. The van der Waals surface area contributed by atoms with E-state index < -0.39 is 0 Å². The Labute approximate surface area is 88.9 Å². The van der Waals surface area contributed by atoms with Crippen molar-refractivity contribution >= 4 is 43.0 Å². The third kappa shape index (κ3) is 1.34. The molecule has 2 nitrogen and oxygen atoms in total. The Hall–Kier alpha value is -0.610. The van der Waals surface area contributed by atoms with Crippen LogP contribution in [0.5, 0.6) is 0 Å². The predicted octanol–water partition coefficient (Wildman–Crippen LogP) is 3.26. The molecule has 0 amide bonds. The first-order valence-electron chi connectivity index (χ1n) is 3.91. The van der Waals surface area contributed by atoms with Gasteiger partial charge in [-0.1, -0.05) is 0 Å². The molecule has 13 heavy (non-hydrogen) atoms. The quantitative estimate of drug-likeness (QED) is 0.736. The summed E-state index contributed by atoms with van der Waals surface area (Å²) < 4.78 is 1.89. The van der Waals surface area contributed by atoms with E-state index in [1.807, 2.05) is 6.92 Å². The van der Waals surface area contributed by atoms with Gasteiger partial charge in [-0.25, -0.2) is 4.98 Å². The van der Waals surface area contributed by atoms with Crippen molar-refractivity contribution in [2.75, 3.05) is 5.73 Å². The molecule has 0 aliphatic rings. The average molecular weight is 257 g/mol. The number of anilines is 1. The average Bonchev–Trinajstić information content (AvgIpc) is 2.44. The standard InChI is InChI=1S/C9H9BrN2S/c1-4-3-6-5(2)12-9(10)7(11)8(6)13-4/h3H,11H2,1-2H3. The summed E-state index contributed by atoms with van der Waals surface area (Å²) in [5, 5.41) is 1.17. The van der Waals surface area contributed by atoms with E-state index in [0.29, 0.717) is 0 Å². The molecule has 0 bridgehead atoms. The number of thiophene rings is 1. The van der Waals surface area contributed by atoms with Gasteiger partial charge in [-0.05, 0) is 35.8 Å². The fraction of sp³-hybridized carbons (Fsp3) is 0.222. The SMILES string of the molecule is Cc1cc2c(C)nc(Br)c(N)c2s1. The molecule has 2 rings (SSSR count). The molecular weight excluding hydrogens is 248 g/mol. The Kier molecular flexibility index (Phi) is 2.04. The maximum atomic E-state index is 5.90. The van der Waals surface area contributed by atoms with Crippen LogP contribution in [0.3, 0.4) is 0 Å². The first kappa shape index (κ1) is 8.97. The molecule has 0 aliphatic heterocycles. The lowest BCUT2D eigenvalue weighted by Gasteiger charge is -2.01. The van der Waals surface area contributed by atoms with Gasteiger partial charge < -0.3 is 5.73 Å². The number of nitrogens with two attached hydrogens (primary N) is 1. The second-order valence-electron chi connectivity index (χ2n) is 3.00. The molecule has 0 saturated carbocycles. The van der Waals surface area contributed by atoms with Gasteiger partial charge in [-0.2, -0.15) is 0 Å². The van der Waals surface area contributed by atoms with Gasteiger partial charge in [0.2, 0.25) is 0 Å². The van der Waals surface area contributed by atoms with Crippen LogP contribution in [-0.2, 0) is 0 Å². The summed E-state index contributed by atoms with van der Waals surface area (Å²) in [4.78, 5) is 5.58. The van der Waals surface area contributed by atoms with Crippen LogP contribution in [0.4, 0.5) is 5.69 Å². The summed E-state index contributed by atoms with van der Waals surface area (Å²) in [5.41, 5.74) is 7.68. The molecule has 2 aromatic rings. The predicted molar refractivity (Wildman–Crippen MR) is 61.2 cm³/mol. The number of pyridine rings is 1. The first-order valence-corrected chi connectivity index (χ1v) is 5.52. The summed E-state index contributed by atoms with van der Waals surface area (Å²) in [6.07, 6.45) is 0. The van der Waals surface area contributed by atoms with Crippen LogP contribution in [0.1, 0.15) is 10.6 Å².